The minimum absolute atomic E-state index is 0.0504. The van der Waals surface area contributed by atoms with Crippen molar-refractivity contribution in [1.29, 1.82) is 0 Å². The normalized spacial score (nSPS) is 14.7. The maximum Gasteiger partial charge on any atom is 0.271 e. The zero-order valence-electron chi connectivity index (χ0n) is 19.7. The molecule has 1 aliphatic rings. The molecule has 0 saturated carbocycles. The van der Waals surface area contributed by atoms with Gasteiger partial charge in [0.05, 0.1) is 19.8 Å². The number of carbonyl (C=O) groups is 1. The van der Waals surface area contributed by atoms with E-state index in [-0.39, 0.29) is 10.6 Å². The van der Waals surface area contributed by atoms with Crippen LogP contribution in [0.5, 0.6) is 5.75 Å². The number of nitrogens with zero attached hydrogens (tertiary/aromatic N) is 2. The Bertz CT molecular complexity index is 1300. The molecule has 1 saturated heterocycles. The number of hydroxylamine groups is 1. The summed E-state index contributed by atoms with van der Waals surface area (Å²) < 4.78 is 39.7. The van der Waals surface area contributed by atoms with Crippen LogP contribution in [0, 0.1) is 0 Å². The lowest BCUT2D eigenvalue weighted by Crippen LogP contribution is -2.37. The van der Waals surface area contributed by atoms with Crippen LogP contribution in [0.1, 0.15) is 12.0 Å². The predicted octanol–water partition coefficient (Wildman–Crippen LogP) is 3.01. The second-order valence-electron chi connectivity index (χ2n) is 8.27. The summed E-state index contributed by atoms with van der Waals surface area (Å²) in [7, 11) is -4.00. The molecule has 0 radical (unpaired) electrons. The van der Waals surface area contributed by atoms with Crippen molar-refractivity contribution >= 4 is 22.0 Å². The van der Waals surface area contributed by atoms with E-state index in [1.807, 2.05) is 36.4 Å². The van der Waals surface area contributed by atoms with Crippen LogP contribution in [0.15, 0.2) is 78.0 Å². The van der Waals surface area contributed by atoms with Crippen LogP contribution in [0.4, 0.5) is 0 Å². The average molecular weight is 512 g/mol. The Morgan fingerprint density at radius 3 is 2.61 bits per heavy atom. The summed E-state index contributed by atoms with van der Waals surface area (Å²) in [5.74, 6) is -0.434. The van der Waals surface area contributed by atoms with Crippen molar-refractivity contribution < 1.29 is 27.9 Å². The highest BCUT2D eigenvalue weighted by atomic mass is 32.2. The lowest BCUT2D eigenvalue weighted by molar-refractivity contribution is -0.124. The van der Waals surface area contributed by atoms with E-state index in [9.17, 15) is 13.2 Å². The number of hydrogen-bond donors (Lipinski definition) is 2. The van der Waals surface area contributed by atoms with E-state index in [4.69, 9.17) is 14.7 Å². The van der Waals surface area contributed by atoms with Crippen LogP contribution in [0.25, 0.3) is 17.2 Å². The zero-order valence-corrected chi connectivity index (χ0v) is 20.6. The number of amides is 1. The van der Waals surface area contributed by atoms with Gasteiger partial charge in [0.25, 0.3) is 15.9 Å². The van der Waals surface area contributed by atoms with Gasteiger partial charge < -0.3 is 9.47 Å². The van der Waals surface area contributed by atoms with Gasteiger partial charge in [0.1, 0.15) is 10.6 Å². The fourth-order valence-electron chi connectivity index (χ4n) is 3.90. The van der Waals surface area contributed by atoms with Gasteiger partial charge in [-0.3, -0.25) is 14.9 Å². The van der Waals surface area contributed by atoms with E-state index < -0.39 is 15.9 Å². The van der Waals surface area contributed by atoms with Crippen LogP contribution < -0.4 is 10.2 Å². The molecule has 0 atom stereocenters. The topological polar surface area (TPSA) is 110 Å². The Balaban J connectivity index is 1.58. The fraction of sp³-hybridized carbons (Fsp3) is 0.269. The highest BCUT2D eigenvalue weighted by molar-refractivity contribution is 7.90. The molecular weight excluding hydrogens is 482 g/mol. The van der Waals surface area contributed by atoms with Gasteiger partial charge >= 0.3 is 0 Å². The molecule has 0 aliphatic carbocycles. The lowest BCUT2D eigenvalue weighted by atomic mass is 10.1. The van der Waals surface area contributed by atoms with Gasteiger partial charge in [0, 0.05) is 38.1 Å². The van der Waals surface area contributed by atoms with Gasteiger partial charge in [-0.2, -0.15) is 0 Å². The van der Waals surface area contributed by atoms with Crippen LogP contribution >= 0.6 is 0 Å². The molecule has 1 aromatic heterocycles. The monoisotopic (exact) mass is 511 g/mol. The Hall–Kier alpha value is -3.44. The zero-order chi connectivity index (χ0) is 25.4. The Morgan fingerprint density at radius 2 is 1.86 bits per heavy atom. The molecule has 2 N–H and O–H groups in total. The summed E-state index contributed by atoms with van der Waals surface area (Å²) in [6.07, 6.45) is 6.06. The number of ether oxygens (including phenoxy) is 2. The third-order valence-electron chi connectivity index (χ3n) is 5.81. The van der Waals surface area contributed by atoms with Crippen LogP contribution in [0.2, 0.25) is 0 Å². The van der Waals surface area contributed by atoms with Crippen LogP contribution in [0.3, 0.4) is 0 Å². The standard InChI is InChI=1S/C26H29N3O6S/c30-26(27-31)10-7-21-11-13-29(20-21)36(32,33)25-19-23(22-5-2-1-3-6-22)8-9-24(25)35-16-4-12-28-14-17-34-18-15-28/h1-3,5-11,13,19-20,31H,4,12,14-18H2,(H,27,30). The summed E-state index contributed by atoms with van der Waals surface area (Å²) in [6, 6.07) is 16.2. The number of rotatable bonds is 10. The third-order valence-corrected chi connectivity index (χ3v) is 7.47. The summed E-state index contributed by atoms with van der Waals surface area (Å²) >= 11 is 0. The SMILES string of the molecule is O=C(C=Cc1ccn(S(=O)(=O)c2cc(-c3ccccc3)ccc2OCCCN2CCOCC2)c1)NO. The van der Waals surface area contributed by atoms with Gasteiger partial charge in [-0.25, -0.2) is 17.9 Å². The van der Waals surface area contributed by atoms with Crippen molar-refractivity contribution in [2.75, 3.05) is 39.5 Å². The Labute approximate surface area is 210 Å². The highest BCUT2D eigenvalue weighted by Crippen LogP contribution is 2.32. The van der Waals surface area contributed by atoms with Gasteiger partial charge in [-0.15, -0.1) is 0 Å². The van der Waals surface area contributed by atoms with E-state index in [1.165, 1.54) is 23.9 Å². The van der Waals surface area contributed by atoms with Gasteiger partial charge in [-0.05, 0) is 47.4 Å². The summed E-state index contributed by atoms with van der Waals surface area (Å²) in [5.41, 5.74) is 3.62. The van der Waals surface area contributed by atoms with E-state index in [0.717, 1.165) is 60.4 Å². The molecule has 0 unspecified atom stereocenters. The first-order chi connectivity index (χ1) is 17.5. The second-order valence-corrected chi connectivity index (χ2v) is 10.1. The molecule has 9 nitrogen and oxygen atoms in total. The van der Waals surface area contributed by atoms with Crippen molar-refractivity contribution in [3.8, 4) is 16.9 Å². The molecule has 3 aromatic rings. The maximum atomic E-state index is 13.6. The number of aromatic nitrogens is 1. The van der Waals surface area contributed by atoms with E-state index in [1.54, 1.807) is 18.2 Å². The maximum absolute atomic E-state index is 13.6. The molecule has 0 bridgehead atoms. The summed E-state index contributed by atoms with van der Waals surface area (Å²) in [4.78, 5) is 13.6. The first kappa shape index (κ1) is 25.6. The molecule has 36 heavy (non-hydrogen) atoms. The lowest BCUT2D eigenvalue weighted by Gasteiger charge is -2.26. The number of hydrogen-bond acceptors (Lipinski definition) is 7. The smallest absolute Gasteiger partial charge is 0.271 e. The number of morpholine rings is 1. The van der Waals surface area contributed by atoms with Crippen molar-refractivity contribution in [1.82, 2.24) is 14.4 Å². The van der Waals surface area contributed by atoms with E-state index >= 15 is 0 Å². The minimum Gasteiger partial charge on any atom is -0.492 e. The molecule has 0 spiro atoms. The number of benzene rings is 2. The molecule has 2 aromatic carbocycles. The fourth-order valence-corrected chi connectivity index (χ4v) is 5.26. The van der Waals surface area contributed by atoms with Crippen molar-refractivity contribution in [2.45, 2.75) is 11.3 Å². The van der Waals surface area contributed by atoms with Crippen molar-refractivity contribution in [3.05, 3.63) is 78.6 Å². The molecule has 1 amide bonds. The van der Waals surface area contributed by atoms with Gasteiger partial charge in [-0.1, -0.05) is 36.4 Å². The number of carbonyl (C=O) groups excluding carboxylic acids is 1. The molecule has 10 heteroatoms. The first-order valence-corrected chi connectivity index (χ1v) is 13.1. The Morgan fingerprint density at radius 1 is 1.08 bits per heavy atom. The number of nitrogens with one attached hydrogen (secondary N) is 1. The van der Waals surface area contributed by atoms with E-state index in [2.05, 4.69) is 4.90 Å². The Kier molecular flexibility index (Phi) is 8.55. The van der Waals surface area contributed by atoms with Crippen LogP contribution in [-0.4, -0.2) is 67.9 Å². The largest absolute Gasteiger partial charge is 0.492 e. The summed E-state index contributed by atoms with van der Waals surface area (Å²) in [5, 5.41) is 8.64. The van der Waals surface area contributed by atoms with Crippen LogP contribution in [-0.2, 0) is 19.6 Å². The van der Waals surface area contributed by atoms with E-state index in [0.29, 0.717) is 12.2 Å². The summed E-state index contributed by atoms with van der Waals surface area (Å²) in [6.45, 7) is 4.44. The third kappa shape index (κ3) is 6.41. The van der Waals surface area contributed by atoms with Gasteiger partial charge in [0.15, 0.2) is 0 Å². The quantitative estimate of drug-likeness (QED) is 0.186. The van der Waals surface area contributed by atoms with Crippen molar-refractivity contribution in [2.24, 2.45) is 0 Å². The highest BCUT2D eigenvalue weighted by Gasteiger charge is 2.23. The molecule has 4 rings (SSSR count). The first-order valence-electron chi connectivity index (χ1n) is 11.7. The molecular formula is C26H29N3O6S. The molecule has 190 valence electrons. The molecule has 1 fully saturated rings. The van der Waals surface area contributed by atoms with Gasteiger partial charge in [0.2, 0.25) is 0 Å². The minimum atomic E-state index is -4.00. The second kappa shape index (κ2) is 12.0. The molecule has 2 heterocycles. The van der Waals surface area contributed by atoms with Crippen molar-refractivity contribution in [3.63, 3.8) is 0 Å². The average Bonchev–Trinajstić information content (AvgIpc) is 3.41. The predicted molar refractivity (Wildman–Crippen MR) is 135 cm³/mol. The molecule has 1 aliphatic heterocycles.